The molecule has 1 aromatic carbocycles. The summed E-state index contributed by atoms with van der Waals surface area (Å²) in [6.45, 7) is 0. The lowest BCUT2D eigenvalue weighted by Crippen LogP contribution is -2.27. The van der Waals surface area contributed by atoms with Gasteiger partial charge in [0, 0.05) is 0 Å². The number of rotatable bonds is 2. The molecule has 3 heteroatoms. The van der Waals surface area contributed by atoms with Crippen LogP contribution in [0.2, 0.25) is 0 Å². The SMILES string of the molecule is O=S(=O)(c1ccccc1)[C@@H]1C[C@H]2CC[C@@H]1C2. The summed E-state index contributed by atoms with van der Waals surface area (Å²) >= 11 is 0. The molecule has 3 rings (SSSR count). The maximum atomic E-state index is 12.4. The van der Waals surface area contributed by atoms with Crippen LogP contribution in [0.1, 0.15) is 25.7 Å². The summed E-state index contributed by atoms with van der Waals surface area (Å²) in [5.41, 5.74) is 0. The first-order valence-corrected chi connectivity index (χ1v) is 7.51. The Morgan fingerprint density at radius 2 is 1.75 bits per heavy atom. The van der Waals surface area contributed by atoms with Crippen LogP contribution >= 0.6 is 0 Å². The number of benzene rings is 1. The van der Waals surface area contributed by atoms with E-state index in [0.29, 0.717) is 16.7 Å². The molecule has 1 aromatic rings. The van der Waals surface area contributed by atoms with Crippen molar-refractivity contribution in [3.63, 3.8) is 0 Å². The van der Waals surface area contributed by atoms with Crippen LogP contribution in [0.25, 0.3) is 0 Å². The number of fused-ring (bicyclic) bond motifs is 2. The quantitative estimate of drug-likeness (QED) is 0.791. The van der Waals surface area contributed by atoms with Gasteiger partial charge in [-0.1, -0.05) is 24.6 Å². The highest BCUT2D eigenvalue weighted by Crippen LogP contribution is 2.48. The molecule has 0 radical (unpaired) electrons. The highest BCUT2D eigenvalue weighted by Gasteiger charge is 2.46. The highest BCUT2D eigenvalue weighted by molar-refractivity contribution is 7.92. The van der Waals surface area contributed by atoms with Crippen LogP contribution < -0.4 is 0 Å². The molecule has 16 heavy (non-hydrogen) atoms. The van der Waals surface area contributed by atoms with Crippen molar-refractivity contribution in [3.05, 3.63) is 30.3 Å². The molecule has 2 bridgehead atoms. The van der Waals surface area contributed by atoms with E-state index >= 15 is 0 Å². The van der Waals surface area contributed by atoms with Crippen LogP contribution in [0.5, 0.6) is 0 Å². The normalized spacial score (nSPS) is 33.1. The summed E-state index contributed by atoms with van der Waals surface area (Å²) in [7, 11) is -3.07. The van der Waals surface area contributed by atoms with Crippen LogP contribution in [-0.4, -0.2) is 13.7 Å². The van der Waals surface area contributed by atoms with Crippen molar-refractivity contribution >= 4 is 9.84 Å². The molecule has 0 amide bonds. The fourth-order valence-electron chi connectivity index (χ4n) is 3.35. The maximum absolute atomic E-state index is 12.4. The Morgan fingerprint density at radius 1 is 1.00 bits per heavy atom. The third-order valence-corrected chi connectivity index (χ3v) is 6.45. The van der Waals surface area contributed by atoms with Crippen molar-refractivity contribution in [2.24, 2.45) is 11.8 Å². The molecular formula is C13H16O2S. The molecule has 0 saturated heterocycles. The summed E-state index contributed by atoms with van der Waals surface area (Å²) in [5.74, 6) is 1.10. The molecule has 0 unspecified atom stereocenters. The van der Waals surface area contributed by atoms with Gasteiger partial charge >= 0.3 is 0 Å². The van der Waals surface area contributed by atoms with Gasteiger partial charge in [-0.15, -0.1) is 0 Å². The summed E-state index contributed by atoms with van der Waals surface area (Å²) in [6, 6.07) is 8.92. The monoisotopic (exact) mass is 236 g/mol. The van der Waals surface area contributed by atoms with Gasteiger partial charge in [0.05, 0.1) is 10.1 Å². The van der Waals surface area contributed by atoms with Gasteiger partial charge in [0.1, 0.15) is 0 Å². The van der Waals surface area contributed by atoms with Gasteiger partial charge in [-0.3, -0.25) is 0 Å². The summed E-state index contributed by atoms with van der Waals surface area (Å²) in [4.78, 5) is 0.507. The molecule has 2 aliphatic rings. The number of hydrogen-bond acceptors (Lipinski definition) is 2. The summed E-state index contributed by atoms with van der Waals surface area (Å²) in [5, 5.41) is -0.103. The second kappa shape index (κ2) is 3.59. The summed E-state index contributed by atoms with van der Waals surface area (Å²) in [6.07, 6.45) is 4.38. The van der Waals surface area contributed by atoms with Crippen LogP contribution in [0.15, 0.2) is 35.2 Å². The van der Waals surface area contributed by atoms with Gasteiger partial charge in [-0.2, -0.15) is 0 Å². The van der Waals surface area contributed by atoms with Crippen LogP contribution in [-0.2, 0) is 9.84 Å². The third kappa shape index (κ3) is 1.49. The second-order valence-corrected chi connectivity index (χ2v) is 7.24. The molecule has 0 aromatic heterocycles. The number of hydrogen-bond donors (Lipinski definition) is 0. The molecule has 2 saturated carbocycles. The Hall–Kier alpha value is -0.830. The van der Waals surface area contributed by atoms with Crippen molar-refractivity contribution in [2.75, 3.05) is 0 Å². The minimum absolute atomic E-state index is 0.103. The first-order valence-electron chi connectivity index (χ1n) is 5.97. The minimum atomic E-state index is -3.07. The largest absolute Gasteiger partial charge is 0.223 e. The molecule has 2 aliphatic carbocycles. The van der Waals surface area contributed by atoms with Crippen LogP contribution in [0, 0.1) is 11.8 Å². The van der Waals surface area contributed by atoms with Crippen LogP contribution in [0.4, 0.5) is 0 Å². The summed E-state index contributed by atoms with van der Waals surface area (Å²) < 4.78 is 24.8. The van der Waals surface area contributed by atoms with Gasteiger partial charge in [-0.05, 0) is 43.2 Å². The highest BCUT2D eigenvalue weighted by atomic mass is 32.2. The minimum Gasteiger partial charge on any atom is -0.223 e. The Kier molecular flexibility index (Phi) is 2.32. The first kappa shape index (κ1) is 10.3. The lowest BCUT2D eigenvalue weighted by atomic mass is 10.0. The average Bonchev–Trinajstić information content (AvgIpc) is 2.92. The first-order chi connectivity index (χ1) is 7.68. The van der Waals surface area contributed by atoms with Crippen molar-refractivity contribution in [3.8, 4) is 0 Å². The zero-order valence-electron chi connectivity index (χ0n) is 9.17. The van der Waals surface area contributed by atoms with Crippen molar-refractivity contribution in [1.29, 1.82) is 0 Å². The second-order valence-electron chi connectivity index (χ2n) is 5.07. The van der Waals surface area contributed by atoms with E-state index in [9.17, 15) is 8.42 Å². The van der Waals surface area contributed by atoms with E-state index in [1.165, 1.54) is 6.42 Å². The number of sulfone groups is 1. The van der Waals surface area contributed by atoms with E-state index in [-0.39, 0.29) is 5.25 Å². The zero-order valence-corrected chi connectivity index (χ0v) is 9.99. The molecule has 0 aliphatic heterocycles. The lowest BCUT2D eigenvalue weighted by Gasteiger charge is -2.21. The molecule has 86 valence electrons. The Morgan fingerprint density at radius 3 is 2.31 bits per heavy atom. The molecule has 0 heterocycles. The van der Waals surface area contributed by atoms with Crippen LogP contribution in [0.3, 0.4) is 0 Å². The van der Waals surface area contributed by atoms with Gasteiger partial charge in [0.15, 0.2) is 9.84 Å². The van der Waals surface area contributed by atoms with Crippen molar-refractivity contribution in [2.45, 2.75) is 35.8 Å². The predicted molar refractivity (Wildman–Crippen MR) is 62.9 cm³/mol. The molecule has 0 spiro atoms. The van der Waals surface area contributed by atoms with E-state index in [2.05, 4.69) is 0 Å². The van der Waals surface area contributed by atoms with Gasteiger partial charge < -0.3 is 0 Å². The van der Waals surface area contributed by atoms with E-state index in [1.54, 1.807) is 24.3 Å². The Balaban J connectivity index is 1.95. The molecule has 2 nitrogen and oxygen atoms in total. The lowest BCUT2D eigenvalue weighted by molar-refractivity contribution is 0.465. The smallest absolute Gasteiger partial charge is 0.181 e. The zero-order chi connectivity index (χ0) is 11.2. The Bertz CT molecular complexity index is 478. The van der Waals surface area contributed by atoms with Gasteiger partial charge in [0.25, 0.3) is 0 Å². The topological polar surface area (TPSA) is 34.1 Å². The van der Waals surface area contributed by atoms with E-state index in [0.717, 1.165) is 19.3 Å². The molecular weight excluding hydrogens is 220 g/mol. The molecule has 0 N–H and O–H groups in total. The third-order valence-electron chi connectivity index (χ3n) is 4.14. The van der Waals surface area contributed by atoms with Crippen molar-refractivity contribution in [1.82, 2.24) is 0 Å². The van der Waals surface area contributed by atoms with E-state index < -0.39 is 9.84 Å². The van der Waals surface area contributed by atoms with Gasteiger partial charge in [0.2, 0.25) is 0 Å². The standard InChI is InChI=1S/C13H16O2S/c14-16(15,12-4-2-1-3-5-12)13-9-10-6-7-11(13)8-10/h1-5,10-11,13H,6-9H2/t10-,11+,13+/m0/s1. The van der Waals surface area contributed by atoms with E-state index in [1.807, 2.05) is 6.07 Å². The average molecular weight is 236 g/mol. The fraction of sp³-hybridized carbons (Fsp3) is 0.538. The van der Waals surface area contributed by atoms with Crippen molar-refractivity contribution < 1.29 is 8.42 Å². The predicted octanol–water partition coefficient (Wildman–Crippen LogP) is 2.65. The maximum Gasteiger partial charge on any atom is 0.181 e. The van der Waals surface area contributed by atoms with Gasteiger partial charge in [-0.25, -0.2) is 8.42 Å². The Labute approximate surface area is 96.6 Å². The molecule has 2 fully saturated rings. The fourth-order valence-corrected chi connectivity index (χ4v) is 5.52. The van der Waals surface area contributed by atoms with E-state index in [4.69, 9.17) is 0 Å². The molecule has 3 atom stereocenters.